The quantitative estimate of drug-likeness (QED) is 0.770. The van der Waals surface area contributed by atoms with Gasteiger partial charge in [-0.05, 0) is 38.3 Å². The lowest BCUT2D eigenvalue weighted by Gasteiger charge is -2.28. The standard InChI is InChI=1S/C13H21N3OS/c1-2-6-16-13(10-17)5-4-11(9-13)18-12-14-7-3-8-15-12/h3,7-8,11,16-17H,2,4-6,9-10H2,1H3. The fourth-order valence-electron chi connectivity index (χ4n) is 2.42. The van der Waals surface area contributed by atoms with Gasteiger partial charge in [0, 0.05) is 23.2 Å². The van der Waals surface area contributed by atoms with Crippen molar-refractivity contribution in [3.63, 3.8) is 0 Å². The molecule has 1 aromatic rings. The van der Waals surface area contributed by atoms with Crippen LogP contribution in [0.3, 0.4) is 0 Å². The molecule has 5 heteroatoms. The Balaban J connectivity index is 1.90. The van der Waals surface area contributed by atoms with Gasteiger partial charge in [-0.1, -0.05) is 18.7 Å². The van der Waals surface area contributed by atoms with Crippen LogP contribution in [0.5, 0.6) is 0 Å². The number of hydrogen-bond acceptors (Lipinski definition) is 5. The minimum atomic E-state index is -0.0809. The summed E-state index contributed by atoms with van der Waals surface area (Å²) in [6.45, 7) is 3.34. The van der Waals surface area contributed by atoms with Gasteiger partial charge in [-0.2, -0.15) is 0 Å². The van der Waals surface area contributed by atoms with Gasteiger partial charge in [0.1, 0.15) is 0 Å². The van der Waals surface area contributed by atoms with E-state index in [0.717, 1.165) is 37.4 Å². The second kappa shape index (κ2) is 6.50. The van der Waals surface area contributed by atoms with E-state index in [1.165, 1.54) is 0 Å². The van der Waals surface area contributed by atoms with Crippen molar-refractivity contribution in [1.29, 1.82) is 0 Å². The number of hydrogen-bond donors (Lipinski definition) is 2. The number of nitrogens with zero attached hydrogens (tertiary/aromatic N) is 2. The average Bonchev–Trinajstić information content (AvgIpc) is 2.82. The highest BCUT2D eigenvalue weighted by Crippen LogP contribution is 2.38. The van der Waals surface area contributed by atoms with Gasteiger partial charge in [0.2, 0.25) is 0 Å². The highest BCUT2D eigenvalue weighted by Gasteiger charge is 2.38. The Morgan fingerprint density at radius 3 is 2.94 bits per heavy atom. The summed E-state index contributed by atoms with van der Waals surface area (Å²) < 4.78 is 0. The molecule has 4 nitrogen and oxygen atoms in total. The van der Waals surface area contributed by atoms with Crippen LogP contribution in [-0.4, -0.2) is 39.0 Å². The molecule has 1 aliphatic carbocycles. The van der Waals surface area contributed by atoms with Crippen LogP contribution in [0.15, 0.2) is 23.6 Å². The predicted octanol–water partition coefficient (Wildman–Crippen LogP) is 1.85. The van der Waals surface area contributed by atoms with Crippen molar-refractivity contribution in [2.45, 2.75) is 48.6 Å². The molecule has 2 unspecified atom stereocenters. The topological polar surface area (TPSA) is 58.0 Å². The zero-order valence-corrected chi connectivity index (χ0v) is 11.6. The zero-order chi connectivity index (χ0) is 12.8. The molecule has 0 aromatic carbocycles. The molecule has 0 amide bonds. The number of rotatable bonds is 6. The molecule has 100 valence electrons. The molecule has 0 radical (unpaired) electrons. The Labute approximate surface area is 113 Å². The number of aliphatic hydroxyl groups excluding tert-OH is 1. The summed E-state index contributed by atoms with van der Waals surface area (Å²) >= 11 is 1.73. The molecule has 0 bridgehead atoms. The third-order valence-corrected chi connectivity index (χ3v) is 4.59. The smallest absolute Gasteiger partial charge is 0.187 e. The number of aromatic nitrogens is 2. The molecule has 1 fully saturated rings. The van der Waals surface area contributed by atoms with Crippen molar-refractivity contribution in [3.8, 4) is 0 Å². The van der Waals surface area contributed by atoms with Crippen molar-refractivity contribution < 1.29 is 5.11 Å². The summed E-state index contributed by atoms with van der Waals surface area (Å²) in [6, 6.07) is 1.83. The van der Waals surface area contributed by atoms with Crippen LogP contribution >= 0.6 is 11.8 Å². The molecule has 0 aliphatic heterocycles. The second-order valence-corrected chi connectivity index (χ2v) is 6.15. The van der Waals surface area contributed by atoms with Gasteiger partial charge in [-0.15, -0.1) is 0 Å². The van der Waals surface area contributed by atoms with E-state index in [9.17, 15) is 5.11 Å². The van der Waals surface area contributed by atoms with Crippen LogP contribution in [0.2, 0.25) is 0 Å². The maximum absolute atomic E-state index is 9.62. The lowest BCUT2D eigenvalue weighted by atomic mass is 9.99. The van der Waals surface area contributed by atoms with Crippen molar-refractivity contribution in [1.82, 2.24) is 15.3 Å². The lowest BCUT2D eigenvalue weighted by molar-refractivity contribution is 0.165. The van der Waals surface area contributed by atoms with Crippen LogP contribution in [0.25, 0.3) is 0 Å². The molecule has 1 saturated carbocycles. The van der Waals surface area contributed by atoms with Gasteiger partial charge in [0.25, 0.3) is 0 Å². The Morgan fingerprint density at radius 2 is 2.28 bits per heavy atom. The first-order valence-corrected chi connectivity index (χ1v) is 7.45. The molecule has 0 saturated heterocycles. The largest absolute Gasteiger partial charge is 0.394 e. The van der Waals surface area contributed by atoms with E-state index in [2.05, 4.69) is 22.2 Å². The van der Waals surface area contributed by atoms with Crippen LogP contribution < -0.4 is 5.32 Å². The Hall–Kier alpha value is -0.650. The summed E-state index contributed by atoms with van der Waals surface area (Å²) in [4.78, 5) is 8.49. The summed E-state index contributed by atoms with van der Waals surface area (Å²) in [5.74, 6) is 0. The first-order valence-electron chi connectivity index (χ1n) is 6.57. The maximum Gasteiger partial charge on any atom is 0.187 e. The molecule has 2 N–H and O–H groups in total. The third kappa shape index (κ3) is 3.43. The number of thioether (sulfide) groups is 1. The Bertz CT molecular complexity index is 363. The predicted molar refractivity (Wildman–Crippen MR) is 73.6 cm³/mol. The van der Waals surface area contributed by atoms with Gasteiger partial charge in [-0.25, -0.2) is 9.97 Å². The molecular formula is C13H21N3OS. The van der Waals surface area contributed by atoms with Crippen molar-refractivity contribution in [2.24, 2.45) is 0 Å². The van der Waals surface area contributed by atoms with Crippen molar-refractivity contribution in [3.05, 3.63) is 18.5 Å². The fraction of sp³-hybridized carbons (Fsp3) is 0.692. The number of nitrogens with one attached hydrogen (secondary N) is 1. The first-order chi connectivity index (χ1) is 8.78. The van der Waals surface area contributed by atoms with E-state index in [4.69, 9.17) is 0 Å². The molecule has 18 heavy (non-hydrogen) atoms. The van der Waals surface area contributed by atoms with Crippen molar-refractivity contribution in [2.75, 3.05) is 13.2 Å². The molecule has 1 aliphatic rings. The second-order valence-electron chi connectivity index (χ2n) is 4.88. The molecule has 1 heterocycles. The van der Waals surface area contributed by atoms with Gasteiger partial charge >= 0.3 is 0 Å². The third-order valence-electron chi connectivity index (χ3n) is 3.43. The number of aliphatic hydroxyl groups is 1. The van der Waals surface area contributed by atoms with E-state index in [1.807, 2.05) is 6.07 Å². The van der Waals surface area contributed by atoms with E-state index >= 15 is 0 Å². The zero-order valence-electron chi connectivity index (χ0n) is 10.8. The Morgan fingerprint density at radius 1 is 1.50 bits per heavy atom. The minimum absolute atomic E-state index is 0.0809. The fourth-order valence-corrected chi connectivity index (χ4v) is 3.60. The highest BCUT2D eigenvalue weighted by atomic mass is 32.2. The van der Waals surface area contributed by atoms with E-state index < -0.39 is 0 Å². The maximum atomic E-state index is 9.62. The normalized spacial score (nSPS) is 27.6. The van der Waals surface area contributed by atoms with E-state index in [0.29, 0.717) is 5.25 Å². The summed E-state index contributed by atoms with van der Waals surface area (Å²) in [5.41, 5.74) is -0.0809. The van der Waals surface area contributed by atoms with Crippen LogP contribution in [0.1, 0.15) is 32.6 Å². The SMILES string of the molecule is CCCNC1(CO)CCC(Sc2ncccn2)C1. The molecular weight excluding hydrogens is 246 g/mol. The van der Waals surface area contributed by atoms with E-state index in [-0.39, 0.29) is 12.1 Å². The van der Waals surface area contributed by atoms with Crippen LogP contribution in [0.4, 0.5) is 0 Å². The first kappa shape index (κ1) is 13.8. The van der Waals surface area contributed by atoms with Crippen LogP contribution in [0, 0.1) is 0 Å². The lowest BCUT2D eigenvalue weighted by Crippen LogP contribution is -2.46. The van der Waals surface area contributed by atoms with Gasteiger partial charge in [0.15, 0.2) is 5.16 Å². The van der Waals surface area contributed by atoms with Gasteiger partial charge in [-0.3, -0.25) is 0 Å². The highest BCUT2D eigenvalue weighted by molar-refractivity contribution is 7.99. The minimum Gasteiger partial charge on any atom is -0.394 e. The molecule has 2 rings (SSSR count). The average molecular weight is 267 g/mol. The monoisotopic (exact) mass is 267 g/mol. The van der Waals surface area contributed by atoms with E-state index in [1.54, 1.807) is 24.2 Å². The Kier molecular flexibility index (Phi) is 4.97. The van der Waals surface area contributed by atoms with Crippen LogP contribution in [-0.2, 0) is 0 Å². The van der Waals surface area contributed by atoms with Crippen molar-refractivity contribution >= 4 is 11.8 Å². The summed E-state index contributed by atoms with van der Waals surface area (Å²) in [6.07, 6.45) is 7.79. The molecule has 2 atom stereocenters. The summed E-state index contributed by atoms with van der Waals surface area (Å²) in [7, 11) is 0. The summed E-state index contributed by atoms with van der Waals surface area (Å²) in [5, 5.41) is 14.5. The van der Waals surface area contributed by atoms with Gasteiger partial charge < -0.3 is 10.4 Å². The van der Waals surface area contributed by atoms with Gasteiger partial charge in [0.05, 0.1) is 6.61 Å². The molecule has 0 spiro atoms. The molecule has 1 aromatic heterocycles.